The second kappa shape index (κ2) is 4.45. The van der Waals surface area contributed by atoms with Gasteiger partial charge in [-0.05, 0) is 49.6 Å². The zero-order valence-electron chi connectivity index (χ0n) is 9.69. The van der Waals surface area contributed by atoms with Gasteiger partial charge >= 0.3 is 0 Å². The summed E-state index contributed by atoms with van der Waals surface area (Å²) in [5.41, 5.74) is 0.488. The molecule has 0 radical (unpaired) electrons. The summed E-state index contributed by atoms with van der Waals surface area (Å²) in [5.74, 6) is 1.91. The summed E-state index contributed by atoms with van der Waals surface area (Å²) in [4.78, 5) is 0. The molecule has 0 aliphatic heterocycles. The Hall–Kier alpha value is -0.0400. The van der Waals surface area contributed by atoms with Crippen LogP contribution in [0.15, 0.2) is 0 Å². The summed E-state index contributed by atoms with van der Waals surface area (Å²) >= 11 is 0. The molecule has 0 aromatic carbocycles. The molecule has 1 aliphatic carbocycles. The Bertz CT molecular complexity index is 142. The molecule has 0 spiro atoms. The SMILES string of the molecule is CCCNCC(C1CC1)C(C)(C)C. The molecule has 1 aliphatic rings. The fraction of sp³-hybridized carbons (Fsp3) is 1.00. The van der Waals surface area contributed by atoms with Gasteiger partial charge in [-0.1, -0.05) is 27.7 Å². The van der Waals surface area contributed by atoms with Crippen LogP contribution in [0.3, 0.4) is 0 Å². The zero-order valence-corrected chi connectivity index (χ0v) is 9.69. The highest BCUT2D eigenvalue weighted by molar-refractivity contribution is 4.89. The number of nitrogens with one attached hydrogen (secondary N) is 1. The zero-order chi connectivity index (χ0) is 9.90. The highest BCUT2D eigenvalue weighted by atomic mass is 14.9. The van der Waals surface area contributed by atoms with Crippen molar-refractivity contribution in [1.29, 1.82) is 0 Å². The van der Waals surface area contributed by atoms with Crippen molar-refractivity contribution in [3.05, 3.63) is 0 Å². The highest BCUT2D eigenvalue weighted by Gasteiger charge is 2.37. The Kier molecular flexibility index (Phi) is 3.78. The monoisotopic (exact) mass is 183 g/mol. The quantitative estimate of drug-likeness (QED) is 0.646. The Balaban J connectivity index is 2.30. The van der Waals surface area contributed by atoms with Gasteiger partial charge in [0.2, 0.25) is 0 Å². The fourth-order valence-electron chi connectivity index (χ4n) is 2.11. The van der Waals surface area contributed by atoms with Crippen LogP contribution in [0.4, 0.5) is 0 Å². The predicted octanol–water partition coefficient (Wildman–Crippen LogP) is 3.06. The molecule has 13 heavy (non-hydrogen) atoms. The van der Waals surface area contributed by atoms with E-state index in [2.05, 4.69) is 33.0 Å². The van der Waals surface area contributed by atoms with Crippen molar-refractivity contribution in [2.24, 2.45) is 17.3 Å². The van der Waals surface area contributed by atoms with Gasteiger partial charge in [0.1, 0.15) is 0 Å². The minimum absolute atomic E-state index is 0.488. The second-order valence-corrected chi connectivity index (χ2v) is 5.51. The average molecular weight is 183 g/mol. The molecule has 0 saturated heterocycles. The van der Waals surface area contributed by atoms with Gasteiger partial charge in [-0.2, -0.15) is 0 Å². The first-order chi connectivity index (χ1) is 6.05. The minimum atomic E-state index is 0.488. The molecule has 1 nitrogen and oxygen atoms in total. The van der Waals surface area contributed by atoms with Crippen LogP contribution in [0.1, 0.15) is 47.0 Å². The van der Waals surface area contributed by atoms with Crippen molar-refractivity contribution >= 4 is 0 Å². The molecule has 1 rings (SSSR count). The van der Waals surface area contributed by atoms with Crippen LogP contribution in [0.5, 0.6) is 0 Å². The summed E-state index contributed by atoms with van der Waals surface area (Å²) in [6, 6.07) is 0. The van der Waals surface area contributed by atoms with E-state index in [9.17, 15) is 0 Å². The van der Waals surface area contributed by atoms with E-state index in [1.54, 1.807) is 0 Å². The van der Waals surface area contributed by atoms with Crippen molar-refractivity contribution in [3.63, 3.8) is 0 Å². The Labute approximate surface area is 83.3 Å². The predicted molar refractivity (Wildman–Crippen MR) is 58.8 cm³/mol. The first kappa shape index (κ1) is 11.0. The third-order valence-electron chi connectivity index (χ3n) is 3.09. The van der Waals surface area contributed by atoms with E-state index < -0.39 is 0 Å². The van der Waals surface area contributed by atoms with E-state index in [0.717, 1.165) is 11.8 Å². The normalized spacial score (nSPS) is 20.3. The lowest BCUT2D eigenvalue weighted by Gasteiger charge is -2.31. The maximum Gasteiger partial charge on any atom is -0.00129 e. The lowest BCUT2D eigenvalue weighted by Crippen LogP contribution is -2.33. The summed E-state index contributed by atoms with van der Waals surface area (Å²) in [5, 5.41) is 3.56. The fourth-order valence-corrected chi connectivity index (χ4v) is 2.11. The molecule has 0 bridgehead atoms. The maximum atomic E-state index is 3.56. The van der Waals surface area contributed by atoms with Crippen LogP contribution in [0, 0.1) is 17.3 Å². The Morgan fingerprint density at radius 2 is 1.92 bits per heavy atom. The number of hydrogen-bond acceptors (Lipinski definition) is 1. The minimum Gasteiger partial charge on any atom is -0.316 e. The third kappa shape index (κ3) is 3.68. The molecule has 1 atom stereocenters. The van der Waals surface area contributed by atoms with Gasteiger partial charge in [0.15, 0.2) is 0 Å². The van der Waals surface area contributed by atoms with Gasteiger partial charge in [0.25, 0.3) is 0 Å². The Morgan fingerprint density at radius 1 is 1.31 bits per heavy atom. The smallest absolute Gasteiger partial charge is 0.00129 e. The van der Waals surface area contributed by atoms with E-state index >= 15 is 0 Å². The molecule has 1 fully saturated rings. The van der Waals surface area contributed by atoms with Gasteiger partial charge in [-0.25, -0.2) is 0 Å². The van der Waals surface area contributed by atoms with E-state index in [0.29, 0.717) is 5.41 Å². The topological polar surface area (TPSA) is 12.0 Å². The van der Waals surface area contributed by atoms with Crippen LogP contribution in [-0.2, 0) is 0 Å². The summed E-state index contributed by atoms with van der Waals surface area (Å²) in [7, 11) is 0. The first-order valence-corrected chi connectivity index (χ1v) is 5.76. The molecule has 0 aromatic rings. The molecule has 1 N–H and O–H groups in total. The van der Waals surface area contributed by atoms with Gasteiger partial charge in [0.05, 0.1) is 0 Å². The lowest BCUT2D eigenvalue weighted by molar-refractivity contribution is 0.204. The summed E-state index contributed by atoms with van der Waals surface area (Å²) in [6.07, 6.45) is 4.19. The molecule has 1 heteroatoms. The first-order valence-electron chi connectivity index (χ1n) is 5.76. The molecule has 78 valence electrons. The van der Waals surface area contributed by atoms with Crippen molar-refractivity contribution in [2.75, 3.05) is 13.1 Å². The summed E-state index contributed by atoms with van der Waals surface area (Å²) in [6.45, 7) is 11.8. The van der Waals surface area contributed by atoms with Crippen molar-refractivity contribution in [2.45, 2.75) is 47.0 Å². The van der Waals surface area contributed by atoms with Gasteiger partial charge in [0, 0.05) is 0 Å². The second-order valence-electron chi connectivity index (χ2n) is 5.51. The van der Waals surface area contributed by atoms with Crippen LogP contribution >= 0.6 is 0 Å². The van der Waals surface area contributed by atoms with Gasteiger partial charge in [-0.15, -0.1) is 0 Å². The summed E-state index contributed by atoms with van der Waals surface area (Å²) < 4.78 is 0. The van der Waals surface area contributed by atoms with E-state index in [4.69, 9.17) is 0 Å². The largest absolute Gasteiger partial charge is 0.316 e. The molecule has 0 amide bonds. The van der Waals surface area contributed by atoms with E-state index in [1.807, 2.05) is 0 Å². The maximum absolute atomic E-state index is 3.56. The van der Waals surface area contributed by atoms with Gasteiger partial charge < -0.3 is 5.32 Å². The van der Waals surface area contributed by atoms with Crippen LogP contribution < -0.4 is 5.32 Å². The van der Waals surface area contributed by atoms with E-state index in [-0.39, 0.29) is 0 Å². The van der Waals surface area contributed by atoms with E-state index in [1.165, 1.54) is 32.4 Å². The van der Waals surface area contributed by atoms with Crippen LogP contribution in [0.25, 0.3) is 0 Å². The molecule has 1 saturated carbocycles. The molecule has 0 heterocycles. The van der Waals surface area contributed by atoms with Crippen molar-refractivity contribution in [3.8, 4) is 0 Å². The molecular formula is C12H25N. The molecule has 1 unspecified atom stereocenters. The highest BCUT2D eigenvalue weighted by Crippen LogP contribution is 2.44. The van der Waals surface area contributed by atoms with Crippen molar-refractivity contribution in [1.82, 2.24) is 5.32 Å². The van der Waals surface area contributed by atoms with Crippen LogP contribution in [-0.4, -0.2) is 13.1 Å². The van der Waals surface area contributed by atoms with Crippen LogP contribution in [0.2, 0.25) is 0 Å². The van der Waals surface area contributed by atoms with Crippen molar-refractivity contribution < 1.29 is 0 Å². The molecular weight excluding hydrogens is 158 g/mol. The number of hydrogen-bond donors (Lipinski definition) is 1. The van der Waals surface area contributed by atoms with Gasteiger partial charge in [-0.3, -0.25) is 0 Å². The average Bonchev–Trinajstić information content (AvgIpc) is 2.78. The molecule has 0 aromatic heterocycles. The third-order valence-corrected chi connectivity index (χ3v) is 3.09. The lowest BCUT2D eigenvalue weighted by atomic mass is 9.77. The standard InChI is InChI=1S/C12H25N/c1-5-8-13-9-11(10-6-7-10)12(2,3)4/h10-11,13H,5-9H2,1-4H3. The number of rotatable bonds is 5. The Morgan fingerprint density at radius 3 is 2.31 bits per heavy atom.